The summed E-state index contributed by atoms with van der Waals surface area (Å²) < 4.78 is 1.73. The minimum Gasteiger partial charge on any atom is -0.281 e. The second kappa shape index (κ2) is 5.85. The average Bonchev–Trinajstić information content (AvgIpc) is 2.47. The maximum Gasteiger partial charge on any atom is 0.263 e. The molecule has 3 rings (SSSR count). The number of nitrogens with zero attached hydrogens (tertiary/aromatic N) is 3. The molecule has 0 saturated carbocycles. The molecule has 4 nitrogen and oxygen atoms in total. The lowest BCUT2D eigenvalue weighted by Gasteiger charge is -2.11. The van der Waals surface area contributed by atoms with Gasteiger partial charge in [0.15, 0.2) is 4.80 Å². The van der Waals surface area contributed by atoms with Crippen LogP contribution in [0.25, 0.3) is 10.2 Å². The van der Waals surface area contributed by atoms with Crippen LogP contribution in [-0.4, -0.2) is 9.55 Å². The first-order valence-electron chi connectivity index (χ1n) is 7.18. The van der Waals surface area contributed by atoms with Crippen LogP contribution >= 0.6 is 11.3 Å². The number of rotatable bonds is 2. The van der Waals surface area contributed by atoms with Gasteiger partial charge in [-0.2, -0.15) is 0 Å². The monoisotopic (exact) mass is 311 g/mol. The molecule has 0 aliphatic rings. The van der Waals surface area contributed by atoms with E-state index in [-0.39, 0.29) is 11.6 Å². The predicted molar refractivity (Wildman–Crippen MR) is 90.7 cm³/mol. The zero-order valence-corrected chi connectivity index (χ0v) is 13.6. The van der Waals surface area contributed by atoms with Crippen molar-refractivity contribution in [3.8, 4) is 0 Å². The Morgan fingerprint density at radius 2 is 2.05 bits per heavy atom. The van der Waals surface area contributed by atoms with Gasteiger partial charge in [-0.05, 0) is 50.6 Å². The van der Waals surface area contributed by atoms with Gasteiger partial charge in [-0.3, -0.25) is 9.36 Å². The van der Waals surface area contributed by atoms with Crippen LogP contribution in [0.2, 0.25) is 0 Å². The van der Waals surface area contributed by atoms with E-state index >= 15 is 0 Å². The molecule has 5 heteroatoms. The minimum absolute atomic E-state index is 0.0387. The Hall–Kier alpha value is -2.27. The van der Waals surface area contributed by atoms with Gasteiger partial charge in [-0.15, -0.1) is 0 Å². The molecule has 0 amide bonds. The molecule has 1 aromatic carbocycles. The largest absolute Gasteiger partial charge is 0.281 e. The van der Waals surface area contributed by atoms with E-state index in [2.05, 4.69) is 9.98 Å². The first kappa shape index (κ1) is 14.7. The molecular formula is C17H17N3OS. The number of benzene rings is 1. The summed E-state index contributed by atoms with van der Waals surface area (Å²) in [6.45, 7) is 6.01. The Bertz CT molecular complexity index is 954. The molecule has 0 atom stereocenters. The Morgan fingerprint density at radius 1 is 1.23 bits per heavy atom. The zero-order chi connectivity index (χ0) is 15.7. The Labute approximate surface area is 132 Å². The number of pyridine rings is 1. The molecular weight excluding hydrogens is 294 g/mol. The van der Waals surface area contributed by atoms with E-state index in [4.69, 9.17) is 0 Å². The number of hydrogen-bond donors (Lipinski definition) is 0. The second-order valence-electron chi connectivity index (χ2n) is 5.46. The van der Waals surface area contributed by atoms with E-state index in [0.717, 1.165) is 16.1 Å². The van der Waals surface area contributed by atoms with Crippen LogP contribution in [0, 0.1) is 6.92 Å². The molecule has 0 saturated heterocycles. The molecule has 2 heterocycles. The maximum absolute atomic E-state index is 12.7. The summed E-state index contributed by atoms with van der Waals surface area (Å²) >= 11 is 1.44. The Morgan fingerprint density at radius 3 is 2.77 bits per heavy atom. The van der Waals surface area contributed by atoms with Crippen molar-refractivity contribution in [2.24, 2.45) is 4.99 Å². The third-order valence-electron chi connectivity index (χ3n) is 3.36. The van der Waals surface area contributed by atoms with Crippen LogP contribution in [0.5, 0.6) is 0 Å². The van der Waals surface area contributed by atoms with Crippen molar-refractivity contribution in [2.75, 3.05) is 0 Å². The summed E-state index contributed by atoms with van der Waals surface area (Å²) in [6, 6.07) is 11.6. The van der Waals surface area contributed by atoms with Crippen molar-refractivity contribution in [3.63, 3.8) is 0 Å². The standard InChI is InChI=1S/C17H17N3OS/c1-11(2)20-16(21)14-8-5-9-18-15(14)22-17(20)19-13-7-4-6-12(3)10-13/h4-11H,1-3H3. The minimum atomic E-state index is -0.0387. The van der Waals surface area contributed by atoms with Gasteiger partial charge in [-0.25, -0.2) is 9.98 Å². The SMILES string of the molecule is Cc1cccc(N=c2sc3ncccc3c(=O)n2C(C)C)c1. The smallest absolute Gasteiger partial charge is 0.263 e. The van der Waals surface area contributed by atoms with E-state index in [1.54, 1.807) is 16.8 Å². The van der Waals surface area contributed by atoms with Crippen molar-refractivity contribution in [1.82, 2.24) is 9.55 Å². The first-order valence-corrected chi connectivity index (χ1v) is 7.99. The van der Waals surface area contributed by atoms with Crippen molar-refractivity contribution < 1.29 is 0 Å². The third kappa shape index (κ3) is 2.72. The fourth-order valence-electron chi connectivity index (χ4n) is 2.33. The van der Waals surface area contributed by atoms with Crippen LogP contribution in [0.15, 0.2) is 52.4 Å². The normalized spacial score (nSPS) is 12.3. The van der Waals surface area contributed by atoms with Crippen LogP contribution in [-0.2, 0) is 0 Å². The predicted octanol–water partition coefficient (Wildman–Crippen LogP) is 3.58. The van der Waals surface area contributed by atoms with Gasteiger partial charge >= 0.3 is 0 Å². The lowest BCUT2D eigenvalue weighted by molar-refractivity contribution is 0.566. The van der Waals surface area contributed by atoms with Crippen LogP contribution in [0.3, 0.4) is 0 Å². The molecule has 0 aliphatic heterocycles. The number of hydrogen-bond acceptors (Lipinski definition) is 4. The van der Waals surface area contributed by atoms with Gasteiger partial charge in [0.25, 0.3) is 5.56 Å². The summed E-state index contributed by atoms with van der Waals surface area (Å²) in [6.07, 6.45) is 1.70. The molecule has 0 unspecified atom stereocenters. The summed E-state index contributed by atoms with van der Waals surface area (Å²) in [5, 5.41) is 0.643. The van der Waals surface area contributed by atoms with E-state index in [1.165, 1.54) is 11.3 Å². The highest BCUT2D eigenvalue weighted by Crippen LogP contribution is 2.15. The maximum atomic E-state index is 12.7. The van der Waals surface area contributed by atoms with E-state index in [0.29, 0.717) is 10.2 Å². The molecule has 0 bridgehead atoms. The van der Waals surface area contributed by atoms with Gasteiger partial charge < -0.3 is 0 Å². The summed E-state index contributed by atoms with van der Waals surface area (Å²) in [4.78, 5) is 23.1. The molecule has 22 heavy (non-hydrogen) atoms. The highest BCUT2D eigenvalue weighted by Gasteiger charge is 2.10. The van der Waals surface area contributed by atoms with Crippen molar-refractivity contribution >= 4 is 27.2 Å². The van der Waals surface area contributed by atoms with Crippen LogP contribution in [0.4, 0.5) is 5.69 Å². The molecule has 0 radical (unpaired) electrons. The molecule has 0 N–H and O–H groups in total. The Balaban J connectivity index is 2.37. The first-order chi connectivity index (χ1) is 10.6. The molecule has 0 aliphatic carbocycles. The van der Waals surface area contributed by atoms with Gasteiger partial charge in [0.05, 0.1) is 11.1 Å². The summed E-state index contributed by atoms with van der Waals surface area (Å²) in [5.41, 5.74) is 1.95. The summed E-state index contributed by atoms with van der Waals surface area (Å²) in [5.74, 6) is 0. The average molecular weight is 311 g/mol. The lowest BCUT2D eigenvalue weighted by atomic mass is 10.2. The van der Waals surface area contributed by atoms with Gasteiger partial charge in [-0.1, -0.05) is 23.5 Å². The molecule has 0 fully saturated rings. The van der Waals surface area contributed by atoms with Gasteiger partial charge in [0, 0.05) is 12.2 Å². The fraction of sp³-hybridized carbons (Fsp3) is 0.235. The summed E-state index contributed by atoms with van der Waals surface area (Å²) in [7, 11) is 0. The topological polar surface area (TPSA) is 47.2 Å². The molecule has 0 spiro atoms. The Kier molecular flexibility index (Phi) is 3.90. The number of fused-ring (bicyclic) bond motifs is 1. The second-order valence-corrected chi connectivity index (χ2v) is 6.42. The van der Waals surface area contributed by atoms with Crippen LogP contribution in [0.1, 0.15) is 25.5 Å². The van der Waals surface area contributed by atoms with E-state index in [1.807, 2.05) is 51.1 Å². The molecule has 112 valence electrons. The fourth-order valence-corrected chi connectivity index (χ4v) is 3.42. The lowest BCUT2D eigenvalue weighted by Crippen LogP contribution is -2.33. The van der Waals surface area contributed by atoms with Gasteiger partial charge in [0.2, 0.25) is 0 Å². The van der Waals surface area contributed by atoms with Crippen molar-refractivity contribution in [3.05, 3.63) is 63.3 Å². The molecule has 3 aromatic rings. The van der Waals surface area contributed by atoms with Crippen molar-refractivity contribution in [2.45, 2.75) is 26.8 Å². The quantitative estimate of drug-likeness (QED) is 0.726. The highest BCUT2D eigenvalue weighted by atomic mass is 32.1. The third-order valence-corrected chi connectivity index (χ3v) is 4.35. The van der Waals surface area contributed by atoms with Crippen molar-refractivity contribution in [1.29, 1.82) is 0 Å². The number of aromatic nitrogens is 2. The van der Waals surface area contributed by atoms with E-state index in [9.17, 15) is 4.79 Å². The number of aryl methyl sites for hydroxylation is 1. The van der Waals surface area contributed by atoms with E-state index < -0.39 is 0 Å². The van der Waals surface area contributed by atoms with Crippen LogP contribution < -0.4 is 10.4 Å². The van der Waals surface area contributed by atoms with Gasteiger partial charge in [0.1, 0.15) is 4.83 Å². The molecule has 2 aromatic heterocycles. The zero-order valence-electron chi connectivity index (χ0n) is 12.8. The highest BCUT2D eigenvalue weighted by molar-refractivity contribution is 7.15.